The molecule has 0 unspecified atom stereocenters. The molecule has 124 valence electrons. The van der Waals surface area contributed by atoms with Gasteiger partial charge in [-0.05, 0) is 43.5 Å². The molecule has 3 rings (SSSR count). The summed E-state index contributed by atoms with van der Waals surface area (Å²) in [6.45, 7) is 2.45. The fourth-order valence-corrected chi connectivity index (χ4v) is 3.06. The Morgan fingerprint density at radius 3 is 3.00 bits per heavy atom. The quantitative estimate of drug-likeness (QED) is 0.939. The molecule has 2 atom stereocenters. The van der Waals surface area contributed by atoms with Crippen molar-refractivity contribution in [3.63, 3.8) is 0 Å². The van der Waals surface area contributed by atoms with Crippen LogP contribution in [0.2, 0.25) is 0 Å². The lowest BCUT2D eigenvalue weighted by atomic mass is 9.99. The Morgan fingerprint density at radius 2 is 2.33 bits per heavy atom. The van der Waals surface area contributed by atoms with E-state index >= 15 is 0 Å². The van der Waals surface area contributed by atoms with Gasteiger partial charge in [0.2, 0.25) is 0 Å². The average molecular weight is 324 g/mol. The summed E-state index contributed by atoms with van der Waals surface area (Å²) in [6, 6.07) is 7.26. The zero-order chi connectivity index (χ0) is 17.1. The number of carbonyl (C=O) groups excluding carboxylic acids is 1. The maximum atomic E-state index is 12.5. The molecule has 1 fully saturated rings. The number of hydrogen-bond donors (Lipinski definition) is 1. The Balaban J connectivity index is 1.68. The number of nitriles is 1. The van der Waals surface area contributed by atoms with Gasteiger partial charge in [0, 0.05) is 25.3 Å². The lowest BCUT2D eigenvalue weighted by Gasteiger charge is -2.30. The molecule has 0 bridgehead atoms. The van der Waals surface area contributed by atoms with E-state index in [1.807, 2.05) is 18.5 Å². The van der Waals surface area contributed by atoms with E-state index in [2.05, 4.69) is 16.4 Å². The van der Waals surface area contributed by atoms with Crippen molar-refractivity contribution >= 4 is 5.91 Å². The summed E-state index contributed by atoms with van der Waals surface area (Å²) >= 11 is 0. The number of nitrogens with one attached hydrogen (secondary N) is 1. The first kappa shape index (κ1) is 16.2. The molecular formula is C18H20N4O2. The summed E-state index contributed by atoms with van der Waals surface area (Å²) in [4.78, 5) is 16.7. The highest BCUT2D eigenvalue weighted by Crippen LogP contribution is 2.27. The zero-order valence-corrected chi connectivity index (χ0v) is 13.8. The van der Waals surface area contributed by atoms with E-state index in [0.717, 1.165) is 24.1 Å². The van der Waals surface area contributed by atoms with Gasteiger partial charge in [0.05, 0.1) is 29.9 Å². The van der Waals surface area contributed by atoms with Crippen LogP contribution in [0.15, 0.2) is 30.7 Å². The van der Waals surface area contributed by atoms with Gasteiger partial charge in [-0.25, -0.2) is 4.98 Å². The van der Waals surface area contributed by atoms with Crippen LogP contribution in [-0.2, 0) is 11.8 Å². The predicted molar refractivity (Wildman–Crippen MR) is 88.3 cm³/mol. The van der Waals surface area contributed by atoms with E-state index in [4.69, 9.17) is 10.00 Å². The van der Waals surface area contributed by atoms with E-state index in [-0.39, 0.29) is 18.1 Å². The third kappa shape index (κ3) is 3.31. The second-order valence-electron chi connectivity index (χ2n) is 6.13. The highest BCUT2D eigenvalue weighted by atomic mass is 16.5. The molecule has 24 heavy (non-hydrogen) atoms. The van der Waals surface area contributed by atoms with Crippen molar-refractivity contribution < 1.29 is 9.53 Å². The number of carbonyl (C=O) groups is 1. The fourth-order valence-electron chi connectivity index (χ4n) is 3.06. The maximum Gasteiger partial charge on any atom is 0.251 e. The molecule has 0 spiro atoms. The van der Waals surface area contributed by atoms with Gasteiger partial charge in [0.15, 0.2) is 0 Å². The third-order valence-electron chi connectivity index (χ3n) is 4.40. The highest BCUT2D eigenvalue weighted by Gasteiger charge is 2.27. The molecule has 0 radical (unpaired) electrons. The van der Waals surface area contributed by atoms with Crippen molar-refractivity contribution in [2.45, 2.75) is 31.9 Å². The monoisotopic (exact) mass is 324 g/mol. The Bertz CT molecular complexity index is 791. The first-order valence-corrected chi connectivity index (χ1v) is 7.98. The van der Waals surface area contributed by atoms with Crippen LogP contribution in [0, 0.1) is 18.3 Å². The molecule has 2 aromatic rings. The maximum absolute atomic E-state index is 12.5. The normalized spacial score (nSPS) is 20.4. The lowest BCUT2D eigenvalue weighted by Crippen LogP contribution is -2.40. The number of imidazole rings is 1. The standard InChI is InChI=1S/C18H20N4O2/c1-12-7-13(9-19)3-4-15(12)18(23)21-14-5-6-24-17(8-14)16-10-20-11-22(16)2/h3-4,7,10-11,14,17H,5-6,8H2,1-2H3,(H,21,23)/t14-,17-/m0/s1. The van der Waals surface area contributed by atoms with Crippen molar-refractivity contribution in [1.82, 2.24) is 14.9 Å². The largest absolute Gasteiger partial charge is 0.372 e. The first-order chi connectivity index (χ1) is 11.6. The van der Waals surface area contributed by atoms with Gasteiger partial charge < -0.3 is 14.6 Å². The molecular weight excluding hydrogens is 304 g/mol. The summed E-state index contributed by atoms with van der Waals surface area (Å²) < 4.78 is 7.77. The molecule has 1 amide bonds. The number of rotatable bonds is 3. The number of ether oxygens (including phenoxy) is 1. The van der Waals surface area contributed by atoms with Crippen LogP contribution in [-0.4, -0.2) is 28.1 Å². The summed E-state index contributed by atoms with van der Waals surface area (Å²) in [5, 5.41) is 12.0. The number of aromatic nitrogens is 2. The zero-order valence-electron chi connectivity index (χ0n) is 13.8. The third-order valence-corrected chi connectivity index (χ3v) is 4.40. The van der Waals surface area contributed by atoms with Crippen LogP contribution in [0.5, 0.6) is 0 Å². The second kappa shape index (κ2) is 6.85. The molecule has 0 aliphatic carbocycles. The fraction of sp³-hybridized carbons (Fsp3) is 0.389. The van der Waals surface area contributed by atoms with E-state index in [1.165, 1.54) is 0 Å². The highest BCUT2D eigenvalue weighted by molar-refractivity contribution is 5.96. The summed E-state index contributed by atoms with van der Waals surface area (Å²) in [6.07, 6.45) is 5.01. The van der Waals surface area contributed by atoms with Crippen molar-refractivity contribution in [3.05, 3.63) is 53.1 Å². The van der Waals surface area contributed by atoms with Crippen LogP contribution in [0.3, 0.4) is 0 Å². The molecule has 6 heteroatoms. The van der Waals surface area contributed by atoms with Crippen LogP contribution in [0.1, 0.15) is 46.1 Å². The van der Waals surface area contributed by atoms with E-state index < -0.39 is 0 Å². The molecule has 1 N–H and O–H groups in total. The minimum absolute atomic E-state index is 0.0567. The molecule has 1 saturated heterocycles. The van der Waals surface area contributed by atoms with Gasteiger partial charge in [-0.2, -0.15) is 5.26 Å². The van der Waals surface area contributed by atoms with E-state index in [0.29, 0.717) is 17.7 Å². The number of amides is 1. The van der Waals surface area contributed by atoms with Gasteiger partial charge in [-0.15, -0.1) is 0 Å². The Labute approximate surface area is 141 Å². The molecule has 2 heterocycles. The van der Waals surface area contributed by atoms with Crippen LogP contribution in [0.4, 0.5) is 0 Å². The minimum atomic E-state index is -0.104. The number of hydrogen-bond acceptors (Lipinski definition) is 4. The van der Waals surface area contributed by atoms with E-state index in [1.54, 1.807) is 30.7 Å². The molecule has 1 aliphatic rings. The molecule has 1 aromatic carbocycles. The average Bonchev–Trinajstić information content (AvgIpc) is 3.01. The molecule has 1 aromatic heterocycles. The summed E-state index contributed by atoms with van der Waals surface area (Å²) in [5.41, 5.74) is 2.99. The second-order valence-corrected chi connectivity index (χ2v) is 6.13. The minimum Gasteiger partial charge on any atom is -0.372 e. The molecule has 1 aliphatic heterocycles. The van der Waals surface area contributed by atoms with Crippen LogP contribution < -0.4 is 5.32 Å². The van der Waals surface area contributed by atoms with Crippen molar-refractivity contribution in [1.29, 1.82) is 5.26 Å². The van der Waals surface area contributed by atoms with E-state index in [9.17, 15) is 4.79 Å². The van der Waals surface area contributed by atoms with Crippen molar-refractivity contribution in [2.24, 2.45) is 7.05 Å². The van der Waals surface area contributed by atoms with Crippen LogP contribution in [0.25, 0.3) is 0 Å². The smallest absolute Gasteiger partial charge is 0.251 e. The van der Waals surface area contributed by atoms with Gasteiger partial charge in [-0.3, -0.25) is 4.79 Å². The van der Waals surface area contributed by atoms with Gasteiger partial charge in [0.1, 0.15) is 6.10 Å². The summed E-state index contributed by atoms with van der Waals surface area (Å²) in [7, 11) is 1.94. The lowest BCUT2D eigenvalue weighted by molar-refractivity contribution is -0.00302. The van der Waals surface area contributed by atoms with Gasteiger partial charge >= 0.3 is 0 Å². The molecule has 6 nitrogen and oxygen atoms in total. The number of benzene rings is 1. The first-order valence-electron chi connectivity index (χ1n) is 7.98. The number of nitrogens with zero attached hydrogens (tertiary/aromatic N) is 3. The summed E-state index contributed by atoms with van der Waals surface area (Å²) in [5.74, 6) is -0.104. The topological polar surface area (TPSA) is 79.9 Å². The van der Waals surface area contributed by atoms with Gasteiger partial charge in [0.25, 0.3) is 5.91 Å². The van der Waals surface area contributed by atoms with Crippen molar-refractivity contribution in [3.8, 4) is 6.07 Å². The van der Waals surface area contributed by atoms with Gasteiger partial charge in [-0.1, -0.05) is 0 Å². The SMILES string of the molecule is Cc1cc(C#N)ccc1C(=O)N[C@H]1CCO[C@H](c2cncn2C)C1. The molecule has 0 saturated carbocycles. The van der Waals surface area contributed by atoms with Crippen LogP contribution >= 0.6 is 0 Å². The number of aryl methyl sites for hydroxylation is 2. The predicted octanol–water partition coefficient (Wildman–Crippen LogP) is 2.25. The Morgan fingerprint density at radius 1 is 1.50 bits per heavy atom. The Hall–Kier alpha value is -2.65. The Kier molecular flexibility index (Phi) is 4.63. The van der Waals surface area contributed by atoms with Crippen molar-refractivity contribution in [2.75, 3.05) is 6.61 Å².